The van der Waals surface area contributed by atoms with Crippen LogP contribution in [0, 0.1) is 28.4 Å². The molecule has 0 nitrogen and oxygen atoms in total. The van der Waals surface area contributed by atoms with E-state index >= 15 is 0 Å². The third-order valence-electron chi connectivity index (χ3n) is 4.51. The predicted molar refractivity (Wildman–Crippen MR) is 110 cm³/mol. The number of allylic oxidation sites excluding steroid dienone is 4. The van der Waals surface area contributed by atoms with E-state index in [9.17, 15) is 0 Å². The molecule has 0 spiro atoms. The first kappa shape index (κ1) is 21.1. The van der Waals surface area contributed by atoms with Crippen molar-refractivity contribution in [1.29, 1.82) is 0 Å². The average Bonchev–Trinajstić information content (AvgIpc) is 3.07. The standard InChI is InChI=1S/C21H13.3CH3.Pt/c1-2-5-14(4-1)18-12-10-17-9-8-15-6-3-7-16-11-13-19(18)21(17)20(15)16;;;;/h1,3-4,6-13H,2H2;3*1H3;/q4*-1;+4. The van der Waals surface area contributed by atoms with Gasteiger partial charge in [-0.3, -0.25) is 0 Å². The largest absolute Gasteiger partial charge is 4.00 e. The van der Waals surface area contributed by atoms with Crippen LogP contribution in [-0.4, -0.2) is 0 Å². The summed E-state index contributed by atoms with van der Waals surface area (Å²) in [5.74, 6) is 0. The van der Waals surface area contributed by atoms with Crippen molar-refractivity contribution >= 4 is 37.9 Å². The van der Waals surface area contributed by atoms with Crippen LogP contribution in [0.1, 0.15) is 12.0 Å². The Kier molecular flexibility index (Phi) is 6.74. The van der Waals surface area contributed by atoms with E-state index in [1.807, 2.05) is 0 Å². The van der Waals surface area contributed by atoms with Crippen molar-refractivity contribution in [3.05, 3.63) is 101 Å². The molecular formula is C24H22Pt. The maximum Gasteiger partial charge on any atom is 4.00 e. The van der Waals surface area contributed by atoms with Gasteiger partial charge >= 0.3 is 21.1 Å². The molecule has 25 heavy (non-hydrogen) atoms. The van der Waals surface area contributed by atoms with Crippen molar-refractivity contribution in [3.63, 3.8) is 0 Å². The number of benzene rings is 4. The van der Waals surface area contributed by atoms with Gasteiger partial charge in [0.15, 0.2) is 0 Å². The van der Waals surface area contributed by atoms with Crippen LogP contribution < -0.4 is 0 Å². The molecule has 1 aliphatic rings. The van der Waals surface area contributed by atoms with Crippen molar-refractivity contribution in [3.8, 4) is 0 Å². The summed E-state index contributed by atoms with van der Waals surface area (Å²) >= 11 is 0. The van der Waals surface area contributed by atoms with E-state index in [0.717, 1.165) is 6.42 Å². The minimum atomic E-state index is 0. The molecule has 0 saturated carbocycles. The SMILES string of the molecule is [C-]1=C(c2ccc3ccc4cccc5ccc2c3c45)C=CC1.[CH3-].[CH3-].[CH3-].[Pt+4]. The summed E-state index contributed by atoms with van der Waals surface area (Å²) in [6.45, 7) is 0. The van der Waals surface area contributed by atoms with Crippen molar-refractivity contribution in [2.45, 2.75) is 6.42 Å². The Morgan fingerprint density at radius 3 is 1.92 bits per heavy atom. The molecule has 1 aliphatic carbocycles. The van der Waals surface area contributed by atoms with Gasteiger partial charge in [0.25, 0.3) is 0 Å². The molecule has 0 radical (unpaired) electrons. The second-order valence-electron chi connectivity index (χ2n) is 5.67. The smallest absolute Gasteiger partial charge is 0.358 e. The molecular weight excluding hydrogens is 483 g/mol. The summed E-state index contributed by atoms with van der Waals surface area (Å²) in [4.78, 5) is 0. The van der Waals surface area contributed by atoms with Gasteiger partial charge in [0.2, 0.25) is 0 Å². The van der Waals surface area contributed by atoms with Crippen LogP contribution in [0.25, 0.3) is 37.9 Å². The van der Waals surface area contributed by atoms with Crippen LogP contribution in [0.3, 0.4) is 0 Å². The normalized spacial score (nSPS) is 12.2. The summed E-state index contributed by atoms with van der Waals surface area (Å²) in [5.41, 5.74) is 2.53. The fourth-order valence-corrected chi connectivity index (χ4v) is 3.56. The zero-order valence-corrected chi connectivity index (χ0v) is 17.1. The second kappa shape index (κ2) is 7.98. The van der Waals surface area contributed by atoms with Gasteiger partial charge in [-0.1, -0.05) is 60.3 Å². The molecule has 0 unspecified atom stereocenters. The summed E-state index contributed by atoms with van der Waals surface area (Å²) in [6, 6.07) is 20.0. The Morgan fingerprint density at radius 1 is 0.680 bits per heavy atom. The Labute approximate surface area is 165 Å². The van der Waals surface area contributed by atoms with E-state index in [-0.39, 0.29) is 43.3 Å². The summed E-state index contributed by atoms with van der Waals surface area (Å²) in [5, 5.41) is 8.08. The minimum absolute atomic E-state index is 0. The molecule has 0 fully saturated rings. The fourth-order valence-electron chi connectivity index (χ4n) is 3.56. The predicted octanol–water partition coefficient (Wildman–Crippen LogP) is 7.08. The van der Waals surface area contributed by atoms with Crippen LogP contribution in [0.4, 0.5) is 0 Å². The molecule has 0 saturated heterocycles. The van der Waals surface area contributed by atoms with Crippen LogP contribution in [0.15, 0.2) is 66.7 Å². The molecule has 0 bridgehead atoms. The minimum Gasteiger partial charge on any atom is -0.358 e. The molecule has 5 rings (SSSR count). The van der Waals surface area contributed by atoms with Crippen molar-refractivity contribution < 1.29 is 21.1 Å². The quantitative estimate of drug-likeness (QED) is 0.192. The molecule has 4 aromatic rings. The van der Waals surface area contributed by atoms with Gasteiger partial charge < -0.3 is 22.3 Å². The fraction of sp³-hybridized carbons (Fsp3) is 0.0417. The monoisotopic (exact) mass is 505 g/mol. The third-order valence-corrected chi connectivity index (χ3v) is 4.51. The van der Waals surface area contributed by atoms with E-state index < -0.39 is 0 Å². The molecule has 4 aromatic carbocycles. The number of hydrogen-bond donors (Lipinski definition) is 0. The van der Waals surface area contributed by atoms with Gasteiger partial charge in [-0.05, 0) is 26.9 Å². The van der Waals surface area contributed by atoms with Crippen LogP contribution in [0.2, 0.25) is 0 Å². The number of hydrogen-bond acceptors (Lipinski definition) is 0. The Bertz CT molecular complexity index is 1040. The first-order valence-corrected chi connectivity index (χ1v) is 7.36. The third kappa shape index (κ3) is 3.05. The van der Waals surface area contributed by atoms with E-state index in [4.69, 9.17) is 0 Å². The topological polar surface area (TPSA) is 0 Å². The Morgan fingerprint density at radius 2 is 1.28 bits per heavy atom. The van der Waals surface area contributed by atoms with Gasteiger partial charge in [-0.15, -0.1) is 17.7 Å². The van der Waals surface area contributed by atoms with Crippen molar-refractivity contribution in [2.75, 3.05) is 0 Å². The van der Waals surface area contributed by atoms with Gasteiger partial charge in [0.05, 0.1) is 0 Å². The maximum atomic E-state index is 3.45. The maximum absolute atomic E-state index is 3.45. The molecule has 0 amide bonds. The zero-order valence-electron chi connectivity index (χ0n) is 14.9. The average molecular weight is 506 g/mol. The molecule has 0 atom stereocenters. The Hall–Kier alpha value is -1.91. The van der Waals surface area contributed by atoms with Gasteiger partial charge in [0.1, 0.15) is 0 Å². The van der Waals surface area contributed by atoms with Gasteiger partial charge in [-0.25, -0.2) is 0 Å². The first-order chi connectivity index (χ1) is 10.4. The van der Waals surface area contributed by atoms with Crippen LogP contribution >= 0.6 is 0 Å². The summed E-state index contributed by atoms with van der Waals surface area (Å²) in [7, 11) is 0. The van der Waals surface area contributed by atoms with Gasteiger partial charge in [-0.2, -0.15) is 17.7 Å². The van der Waals surface area contributed by atoms with E-state index in [2.05, 4.69) is 72.8 Å². The van der Waals surface area contributed by atoms with Crippen LogP contribution in [-0.2, 0) is 21.1 Å². The van der Waals surface area contributed by atoms with Gasteiger partial charge in [0, 0.05) is 0 Å². The molecule has 0 heterocycles. The zero-order chi connectivity index (χ0) is 13.8. The first-order valence-electron chi connectivity index (χ1n) is 7.36. The second-order valence-corrected chi connectivity index (χ2v) is 5.67. The molecule has 0 aliphatic heterocycles. The van der Waals surface area contributed by atoms with E-state index in [0.29, 0.717) is 0 Å². The molecule has 0 aromatic heterocycles. The van der Waals surface area contributed by atoms with Crippen molar-refractivity contribution in [1.82, 2.24) is 0 Å². The van der Waals surface area contributed by atoms with Crippen molar-refractivity contribution in [2.24, 2.45) is 0 Å². The summed E-state index contributed by atoms with van der Waals surface area (Å²) in [6.07, 6.45) is 8.74. The molecule has 1 heteroatoms. The molecule has 0 N–H and O–H groups in total. The number of rotatable bonds is 1. The van der Waals surface area contributed by atoms with Crippen LogP contribution in [0.5, 0.6) is 0 Å². The Balaban J connectivity index is 0.000000781. The van der Waals surface area contributed by atoms with E-state index in [1.54, 1.807) is 0 Å². The molecule has 128 valence electrons. The summed E-state index contributed by atoms with van der Waals surface area (Å²) < 4.78 is 0. The van der Waals surface area contributed by atoms with E-state index in [1.165, 1.54) is 43.5 Å².